The molecule has 0 fully saturated rings. The Kier molecular flexibility index (Phi) is 2.69. The van der Waals surface area contributed by atoms with E-state index >= 15 is 0 Å². The average molecular weight is 152 g/mol. The van der Waals surface area contributed by atoms with Crippen LogP contribution in [0.3, 0.4) is 0 Å². The molecule has 1 rings (SSSR count). The van der Waals surface area contributed by atoms with Crippen LogP contribution in [0.25, 0.3) is 5.57 Å². The minimum atomic E-state index is 1.13. The summed E-state index contributed by atoms with van der Waals surface area (Å²) in [5.41, 5.74) is 2.76. The molecule has 0 aromatic carbocycles. The van der Waals surface area contributed by atoms with Gasteiger partial charge in [0, 0.05) is 0 Å². The van der Waals surface area contributed by atoms with E-state index in [4.69, 9.17) is 0 Å². The van der Waals surface area contributed by atoms with E-state index < -0.39 is 0 Å². The van der Waals surface area contributed by atoms with Crippen molar-refractivity contribution >= 4 is 16.9 Å². The van der Waals surface area contributed by atoms with Crippen LogP contribution in [-0.4, -0.2) is 0 Å². The molecule has 0 saturated heterocycles. The van der Waals surface area contributed by atoms with Crippen LogP contribution in [0.2, 0.25) is 0 Å². The van der Waals surface area contributed by atoms with Gasteiger partial charge in [-0.15, -0.1) is 0 Å². The van der Waals surface area contributed by atoms with Crippen LogP contribution in [0.5, 0.6) is 0 Å². The number of hydrogen-bond donors (Lipinski definition) is 0. The molecule has 0 radical (unpaired) electrons. The van der Waals surface area contributed by atoms with Gasteiger partial charge in [0.05, 0.1) is 0 Å². The molecule has 1 aromatic rings. The first kappa shape index (κ1) is 7.55. The molecule has 54 valence electrons. The summed E-state index contributed by atoms with van der Waals surface area (Å²) in [5.74, 6) is 0. The molecule has 0 spiro atoms. The van der Waals surface area contributed by atoms with Gasteiger partial charge < -0.3 is 0 Å². The Morgan fingerprint density at radius 2 is 2.50 bits per heavy atom. The topological polar surface area (TPSA) is 0 Å². The SMILES string of the molecule is CCC=C(C)c1ccsc1. The molecule has 10 heavy (non-hydrogen) atoms. The Bertz CT molecular complexity index is 207. The van der Waals surface area contributed by atoms with Gasteiger partial charge in [-0.3, -0.25) is 0 Å². The number of rotatable bonds is 2. The third-order valence-corrected chi connectivity index (χ3v) is 2.17. The first-order valence-corrected chi connectivity index (χ1v) is 4.48. The van der Waals surface area contributed by atoms with E-state index in [0.717, 1.165) is 6.42 Å². The molecule has 1 heterocycles. The van der Waals surface area contributed by atoms with Crippen molar-refractivity contribution in [1.82, 2.24) is 0 Å². The van der Waals surface area contributed by atoms with Crippen LogP contribution < -0.4 is 0 Å². The first-order chi connectivity index (χ1) is 4.84. The van der Waals surface area contributed by atoms with Crippen molar-refractivity contribution in [3.63, 3.8) is 0 Å². The standard InChI is InChI=1S/C9H12S/c1-3-4-8(2)9-5-6-10-7-9/h4-7H,3H2,1-2H3. The smallest absolute Gasteiger partial charge is 0.00182 e. The van der Waals surface area contributed by atoms with E-state index in [1.165, 1.54) is 11.1 Å². The van der Waals surface area contributed by atoms with Crippen molar-refractivity contribution < 1.29 is 0 Å². The minimum Gasteiger partial charge on any atom is -0.152 e. The van der Waals surface area contributed by atoms with Crippen LogP contribution >= 0.6 is 11.3 Å². The zero-order valence-electron chi connectivity index (χ0n) is 6.42. The van der Waals surface area contributed by atoms with Crippen molar-refractivity contribution in [3.05, 3.63) is 28.5 Å². The van der Waals surface area contributed by atoms with Gasteiger partial charge in [0.2, 0.25) is 0 Å². The van der Waals surface area contributed by atoms with Gasteiger partial charge in [-0.25, -0.2) is 0 Å². The van der Waals surface area contributed by atoms with Gasteiger partial charge in [-0.1, -0.05) is 13.0 Å². The molecule has 0 aliphatic carbocycles. The number of allylic oxidation sites excluding steroid dienone is 2. The Hall–Kier alpha value is -0.560. The van der Waals surface area contributed by atoms with Crippen LogP contribution in [0.1, 0.15) is 25.8 Å². The summed E-state index contributed by atoms with van der Waals surface area (Å²) in [4.78, 5) is 0. The van der Waals surface area contributed by atoms with Crippen molar-refractivity contribution in [2.45, 2.75) is 20.3 Å². The second kappa shape index (κ2) is 3.57. The number of thiophene rings is 1. The molecule has 0 nitrogen and oxygen atoms in total. The molecule has 0 atom stereocenters. The Morgan fingerprint density at radius 1 is 1.70 bits per heavy atom. The van der Waals surface area contributed by atoms with Gasteiger partial charge in [0.25, 0.3) is 0 Å². The molecule has 0 aliphatic heterocycles. The maximum Gasteiger partial charge on any atom is -0.00182 e. The summed E-state index contributed by atoms with van der Waals surface area (Å²) in [5, 5.41) is 4.30. The summed E-state index contributed by atoms with van der Waals surface area (Å²) in [6, 6.07) is 2.16. The molecule has 0 saturated carbocycles. The predicted molar refractivity (Wildman–Crippen MR) is 48.3 cm³/mol. The van der Waals surface area contributed by atoms with Crippen molar-refractivity contribution in [3.8, 4) is 0 Å². The van der Waals surface area contributed by atoms with Gasteiger partial charge in [-0.2, -0.15) is 11.3 Å². The Balaban J connectivity index is 2.77. The summed E-state index contributed by atoms with van der Waals surface area (Å²) < 4.78 is 0. The largest absolute Gasteiger partial charge is 0.152 e. The normalized spacial score (nSPS) is 12.0. The van der Waals surface area contributed by atoms with Crippen LogP contribution in [-0.2, 0) is 0 Å². The zero-order chi connectivity index (χ0) is 7.40. The van der Waals surface area contributed by atoms with E-state index in [1.807, 2.05) is 0 Å². The van der Waals surface area contributed by atoms with Gasteiger partial charge in [-0.05, 0) is 41.3 Å². The minimum absolute atomic E-state index is 1.13. The van der Waals surface area contributed by atoms with Crippen LogP contribution in [0.15, 0.2) is 22.9 Å². The lowest BCUT2D eigenvalue weighted by Crippen LogP contribution is -1.71. The maximum absolute atomic E-state index is 2.25. The van der Waals surface area contributed by atoms with E-state index in [-0.39, 0.29) is 0 Å². The lowest BCUT2D eigenvalue weighted by molar-refractivity contribution is 1.22. The van der Waals surface area contributed by atoms with Gasteiger partial charge in [0.15, 0.2) is 0 Å². The third-order valence-electron chi connectivity index (χ3n) is 1.49. The number of hydrogen-bond acceptors (Lipinski definition) is 1. The second-order valence-electron chi connectivity index (χ2n) is 2.31. The summed E-state index contributed by atoms with van der Waals surface area (Å²) in [6.45, 7) is 4.32. The molecule has 1 heteroatoms. The highest BCUT2D eigenvalue weighted by Crippen LogP contribution is 2.16. The quantitative estimate of drug-likeness (QED) is 0.608. The highest BCUT2D eigenvalue weighted by molar-refractivity contribution is 7.08. The molecular formula is C9H12S. The summed E-state index contributed by atoms with van der Waals surface area (Å²) in [7, 11) is 0. The highest BCUT2D eigenvalue weighted by Gasteiger charge is 1.92. The maximum atomic E-state index is 2.25. The molecule has 0 aliphatic rings. The summed E-state index contributed by atoms with van der Waals surface area (Å²) >= 11 is 1.75. The van der Waals surface area contributed by atoms with Gasteiger partial charge in [0.1, 0.15) is 0 Å². The fourth-order valence-corrected chi connectivity index (χ4v) is 1.63. The predicted octanol–water partition coefficient (Wildman–Crippen LogP) is 3.56. The van der Waals surface area contributed by atoms with Crippen molar-refractivity contribution in [1.29, 1.82) is 0 Å². The fourth-order valence-electron chi connectivity index (χ4n) is 0.913. The third kappa shape index (κ3) is 1.71. The van der Waals surface area contributed by atoms with Crippen LogP contribution in [0, 0.1) is 0 Å². The van der Waals surface area contributed by atoms with E-state index in [1.54, 1.807) is 11.3 Å². The van der Waals surface area contributed by atoms with Crippen molar-refractivity contribution in [2.24, 2.45) is 0 Å². The average Bonchev–Trinajstić information content (AvgIpc) is 2.38. The van der Waals surface area contributed by atoms with E-state index in [9.17, 15) is 0 Å². The van der Waals surface area contributed by atoms with Crippen molar-refractivity contribution in [2.75, 3.05) is 0 Å². The molecule has 0 bridgehead atoms. The van der Waals surface area contributed by atoms with E-state index in [2.05, 4.69) is 36.7 Å². The van der Waals surface area contributed by atoms with Gasteiger partial charge >= 0.3 is 0 Å². The van der Waals surface area contributed by atoms with E-state index in [0.29, 0.717) is 0 Å². The zero-order valence-corrected chi connectivity index (χ0v) is 7.24. The lowest BCUT2D eigenvalue weighted by Gasteiger charge is -1.93. The fraction of sp³-hybridized carbons (Fsp3) is 0.333. The second-order valence-corrected chi connectivity index (χ2v) is 3.09. The Morgan fingerprint density at radius 3 is 3.00 bits per heavy atom. The lowest BCUT2D eigenvalue weighted by atomic mass is 10.1. The molecule has 0 amide bonds. The molecule has 1 aromatic heterocycles. The Labute approximate surface area is 66.2 Å². The molecule has 0 unspecified atom stereocenters. The molecular weight excluding hydrogens is 140 g/mol. The highest BCUT2D eigenvalue weighted by atomic mass is 32.1. The monoisotopic (exact) mass is 152 g/mol. The first-order valence-electron chi connectivity index (χ1n) is 3.54. The molecule has 0 N–H and O–H groups in total. The summed E-state index contributed by atoms with van der Waals surface area (Å²) in [6.07, 6.45) is 3.38. The van der Waals surface area contributed by atoms with Crippen LogP contribution in [0.4, 0.5) is 0 Å².